The Morgan fingerprint density at radius 1 is 1.00 bits per heavy atom. The van der Waals surface area contributed by atoms with Crippen molar-refractivity contribution in [3.8, 4) is 0 Å². The average Bonchev–Trinajstić information content (AvgIpc) is 3.51. The maximum absolute atomic E-state index is 12.4. The zero-order valence-corrected chi connectivity index (χ0v) is 16.9. The van der Waals surface area contributed by atoms with E-state index in [2.05, 4.69) is 36.6 Å². The molecule has 5 nitrogen and oxygen atoms in total. The highest BCUT2D eigenvalue weighted by Crippen LogP contribution is 2.30. The summed E-state index contributed by atoms with van der Waals surface area (Å²) < 4.78 is 0. The minimum atomic E-state index is -0.252. The fourth-order valence-corrected chi connectivity index (χ4v) is 2.80. The highest BCUT2D eigenvalue weighted by molar-refractivity contribution is 6.02. The Hall–Kier alpha value is -2.95. The summed E-state index contributed by atoms with van der Waals surface area (Å²) >= 11 is 0. The summed E-state index contributed by atoms with van der Waals surface area (Å²) in [5.74, 6) is -0.0286. The van der Waals surface area contributed by atoms with E-state index < -0.39 is 0 Å². The van der Waals surface area contributed by atoms with Crippen molar-refractivity contribution < 1.29 is 9.59 Å². The molecule has 3 rings (SSSR count). The second kappa shape index (κ2) is 7.97. The van der Waals surface area contributed by atoms with Crippen molar-refractivity contribution in [1.29, 1.82) is 0 Å². The maximum atomic E-state index is 12.4. The number of hydrazone groups is 1. The first-order chi connectivity index (χ1) is 13.2. The van der Waals surface area contributed by atoms with Gasteiger partial charge in [-0.3, -0.25) is 9.59 Å². The van der Waals surface area contributed by atoms with Gasteiger partial charge in [-0.05, 0) is 60.6 Å². The summed E-state index contributed by atoms with van der Waals surface area (Å²) in [6.07, 6.45) is 1.93. The zero-order chi connectivity index (χ0) is 20.3. The topological polar surface area (TPSA) is 70.6 Å². The molecule has 2 aromatic rings. The molecule has 146 valence electrons. The van der Waals surface area contributed by atoms with Crippen molar-refractivity contribution in [1.82, 2.24) is 5.43 Å². The Kier molecular flexibility index (Phi) is 5.63. The lowest BCUT2D eigenvalue weighted by Crippen LogP contribution is -2.20. The van der Waals surface area contributed by atoms with Gasteiger partial charge in [0.2, 0.25) is 5.91 Å². The third-order valence-electron chi connectivity index (χ3n) is 4.83. The minimum Gasteiger partial charge on any atom is -0.326 e. The van der Waals surface area contributed by atoms with Gasteiger partial charge in [0.1, 0.15) is 0 Å². The Balaban J connectivity index is 1.64. The van der Waals surface area contributed by atoms with Gasteiger partial charge in [-0.15, -0.1) is 0 Å². The number of hydrogen-bond acceptors (Lipinski definition) is 3. The third-order valence-corrected chi connectivity index (χ3v) is 4.83. The van der Waals surface area contributed by atoms with Gasteiger partial charge in [0.25, 0.3) is 5.91 Å². The van der Waals surface area contributed by atoms with Crippen molar-refractivity contribution >= 4 is 23.2 Å². The van der Waals surface area contributed by atoms with Crippen LogP contribution >= 0.6 is 0 Å². The first-order valence-electron chi connectivity index (χ1n) is 9.60. The van der Waals surface area contributed by atoms with Gasteiger partial charge in [-0.25, -0.2) is 5.43 Å². The predicted molar refractivity (Wildman–Crippen MR) is 113 cm³/mol. The third kappa shape index (κ3) is 5.06. The molecule has 5 heteroatoms. The van der Waals surface area contributed by atoms with E-state index in [1.165, 1.54) is 5.56 Å². The first kappa shape index (κ1) is 19.8. The molecule has 0 bridgehead atoms. The summed E-state index contributed by atoms with van der Waals surface area (Å²) in [5, 5.41) is 7.14. The van der Waals surface area contributed by atoms with Crippen molar-refractivity contribution in [3.63, 3.8) is 0 Å². The van der Waals surface area contributed by atoms with Crippen molar-refractivity contribution in [2.75, 3.05) is 5.32 Å². The van der Waals surface area contributed by atoms with Crippen LogP contribution in [0.1, 0.15) is 62.0 Å². The summed E-state index contributed by atoms with van der Waals surface area (Å²) in [4.78, 5) is 24.3. The Morgan fingerprint density at radius 2 is 1.68 bits per heavy atom. The van der Waals surface area contributed by atoms with Crippen LogP contribution < -0.4 is 10.7 Å². The smallest absolute Gasteiger partial charge is 0.271 e. The van der Waals surface area contributed by atoms with Crippen LogP contribution in [0.15, 0.2) is 53.6 Å². The van der Waals surface area contributed by atoms with Gasteiger partial charge in [0, 0.05) is 17.2 Å². The van der Waals surface area contributed by atoms with Crippen LogP contribution in [0.2, 0.25) is 0 Å². The van der Waals surface area contributed by atoms with Crippen LogP contribution in [0.25, 0.3) is 0 Å². The molecule has 2 N–H and O–H groups in total. The van der Waals surface area contributed by atoms with E-state index in [0.29, 0.717) is 11.3 Å². The molecule has 0 radical (unpaired) electrons. The van der Waals surface area contributed by atoms with Crippen LogP contribution in [-0.4, -0.2) is 17.5 Å². The fourth-order valence-electron chi connectivity index (χ4n) is 2.80. The SMILES string of the molecule is CC(=NNC(=O)c1ccc(C(C)(C)C)cc1)c1cccc(NC(=O)C2CC2)c1. The predicted octanol–water partition coefficient (Wildman–Crippen LogP) is 4.49. The van der Waals surface area contributed by atoms with E-state index in [1.54, 1.807) is 0 Å². The molecule has 0 aliphatic heterocycles. The number of carbonyl (C=O) groups excluding carboxylic acids is 2. The van der Waals surface area contributed by atoms with Crippen LogP contribution in [-0.2, 0) is 10.2 Å². The molecule has 0 atom stereocenters. The largest absolute Gasteiger partial charge is 0.326 e. The van der Waals surface area contributed by atoms with E-state index in [-0.39, 0.29) is 23.1 Å². The summed E-state index contributed by atoms with van der Waals surface area (Å²) in [5.41, 5.74) is 6.65. The zero-order valence-electron chi connectivity index (χ0n) is 16.9. The quantitative estimate of drug-likeness (QED) is 0.595. The lowest BCUT2D eigenvalue weighted by molar-refractivity contribution is -0.117. The molecule has 0 spiro atoms. The average molecular weight is 377 g/mol. The number of nitrogens with one attached hydrogen (secondary N) is 2. The lowest BCUT2D eigenvalue weighted by Gasteiger charge is -2.18. The van der Waals surface area contributed by atoms with Crippen molar-refractivity contribution in [2.45, 2.75) is 46.0 Å². The monoisotopic (exact) mass is 377 g/mol. The van der Waals surface area contributed by atoms with E-state index in [9.17, 15) is 9.59 Å². The molecular weight excluding hydrogens is 350 g/mol. The number of benzene rings is 2. The fraction of sp³-hybridized carbons (Fsp3) is 0.348. The Morgan fingerprint density at radius 3 is 2.29 bits per heavy atom. The van der Waals surface area contributed by atoms with Crippen LogP contribution in [0.5, 0.6) is 0 Å². The number of rotatable bonds is 5. The first-order valence-corrected chi connectivity index (χ1v) is 9.60. The van der Waals surface area contributed by atoms with Gasteiger partial charge in [0.05, 0.1) is 5.71 Å². The molecule has 2 amide bonds. The number of hydrogen-bond donors (Lipinski definition) is 2. The summed E-state index contributed by atoms with van der Waals surface area (Å²) in [6.45, 7) is 8.23. The molecule has 1 aliphatic carbocycles. The van der Waals surface area contributed by atoms with Gasteiger partial charge < -0.3 is 5.32 Å². The van der Waals surface area contributed by atoms with E-state index in [0.717, 1.165) is 24.1 Å². The highest BCUT2D eigenvalue weighted by Gasteiger charge is 2.29. The molecule has 0 unspecified atom stereocenters. The van der Waals surface area contributed by atoms with Gasteiger partial charge in [0.15, 0.2) is 0 Å². The number of amides is 2. The normalized spacial score (nSPS) is 14.5. The van der Waals surface area contributed by atoms with Crippen molar-refractivity contribution in [3.05, 3.63) is 65.2 Å². The lowest BCUT2D eigenvalue weighted by atomic mass is 9.87. The van der Waals surface area contributed by atoms with Gasteiger partial charge >= 0.3 is 0 Å². The number of nitrogens with zero attached hydrogens (tertiary/aromatic N) is 1. The van der Waals surface area contributed by atoms with E-state index in [1.807, 2.05) is 55.5 Å². The van der Waals surface area contributed by atoms with E-state index in [4.69, 9.17) is 0 Å². The molecule has 0 saturated heterocycles. The second-order valence-electron chi connectivity index (χ2n) is 8.31. The van der Waals surface area contributed by atoms with Gasteiger partial charge in [-0.1, -0.05) is 45.0 Å². The van der Waals surface area contributed by atoms with Crippen LogP contribution in [0.3, 0.4) is 0 Å². The summed E-state index contributed by atoms with van der Waals surface area (Å²) in [7, 11) is 0. The van der Waals surface area contributed by atoms with E-state index >= 15 is 0 Å². The molecule has 28 heavy (non-hydrogen) atoms. The standard InChI is InChI=1S/C23H27N3O2/c1-15(18-6-5-7-20(14-18)24-21(27)16-8-9-16)25-26-22(28)17-10-12-19(13-11-17)23(2,3)4/h5-7,10-14,16H,8-9H2,1-4H3,(H,24,27)(H,26,28). The Bertz CT molecular complexity index is 904. The molecule has 0 heterocycles. The Labute approximate surface area is 166 Å². The van der Waals surface area contributed by atoms with Crippen molar-refractivity contribution in [2.24, 2.45) is 11.0 Å². The minimum absolute atomic E-state index is 0.0453. The molecule has 2 aromatic carbocycles. The molecule has 1 aliphatic rings. The van der Waals surface area contributed by atoms with Crippen LogP contribution in [0.4, 0.5) is 5.69 Å². The van der Waals surface area contributed by atoms with Gasteiger partial charge in [-0.2, -0.15) is 5.10 Å². The molecule has 1 fully saturated rings. The highest BCUT2D eigenvalue weighted by atomic mass is 16.2. The second-order valence-corrected chi connectivity index (χ2v) is 8.31. The maximum Gasteiger partial charge on any atom is 0.271 e. The molecule has 0 aromatic heterocycles. The summed E-state index contributed by atoms with van der Waals surface area (Å²) in [6, 6.07) is 15.0. The molecular formula is C23H27N3O2. The number of anilines is 1. The van der Waals surface area contributed by atoms with Crippen LogP contribution in [0, 0.1) is 5.92 Å². The number of carbonyl (C=O) groups is 2. The molecule has 1 saturated carbocycles.